The lowest BCUT2D eigenvalue weighted by molar-refractivity contribution is 0.138. The Morgan fingerprint density at radius 2 is 2.35 bits per heavy atom. The highest BCUT2D eigenvalue weighted by molar-refractivity contribution is 5.82. The maximum absolute atomic E-state index is 10.4. The molecule has 5 heteroatoms. The van der Waals surface area contributed by atoms with Crippen LogP contribution in [0.15, 0.2) is 23.3 Å². The minimum Gasteiger partial charge on any atom is -0.487 e. The standard InChI is InChI=1S/C12H15N3O2/c1-12(2)6-9-5-8(3-4-10(9)17-12)7-14-15-11(13)16/h3-5,7H,6H2,1-2H3,(H3,13,15,16). The van der Waals surface area contributed by atoms with Crippen LogP contribution in [-0.2, 0) is 6.42 Å². The highest BCUT2D eigenvalue weighted by Gasteiger charge is 2.29. The summed E-state index contributed by atoms with van der Waals surface area (Å²) in [6, 6.07) is 5.12. The maximum atomic E-state index is 10.4. The predicted molar refractivity (Wildman–Crippen MR) is 65.2 cm³/mol. The van der Waals surface area contributed by atoms with Crippen molar-refractivity contribution in [2.24, 2.45) is 10.8 Å². The van der Waals surface area contributed by atoms with E-state index in [9.17, 15) is 4.79 Å². The number of hydrazone groups is 1. The van der Waals surface area contributed by atoms with E-state index in [0.29, 0.717) is 0 Å². The summed E-state index contributed by atoms with van der Waals surface area (Å²) in [5, 5.41) is 3.71. The molecule has 1 heterocycles. The van der Waals surface area contributed by atoms with Gasteiger partial charge in [0.2, 0.25) is 0 Å². The third-order valence-corrected chi connectivity index (χ3v) is 2.48. The predicted octanol–water partition coefficient (Wildman–Crippen LogP) is 1.40. The van der Waals surface area contributed by atoms with Gasteiger partial charge in [-0.05, 0) is 43.2 Å². The van der Waals surface area contributed by atoms with Crippen molar-refractivity contribution in [1.29, 1.82) is 0 Å². The number of urea groups is 1. The van der Waals surface area contributed by atoms with Crippen LogP contribution in [0.4, 0.5) is 4.79 Å². The molecule has 2 amide bonds. The molecule has 0 saturated carbocycles. The number of benzene rings is 1. The number of nitrogens with two attached hydrogens (primary N) is 1. The van der Waals surface area contributed by atoms with E-state index in [4.69, 9.17) is 10.5 Å². The zero-order valence-corrected chi connectivity index (χ0v) is 9.86. The van der Waals surface area contributed by atoms with Gasteiger partial charge in [0.05, 0.1) is 6.21 Å². The molecule has 1 aliphatic rings. The molecule has 0 atom stereocenters. The first kappa shape index (κ1) is 11.4. The van der Waals surface area contributed by atoms with E-state index in [2.05, 4.69) is 24.4 Å². The molecule has 1 aromatic rings. The van der Waals surface area contributed by atoms with Gasteiger partial charge in [-0.3, -0.25) is 0 Å². The van der Waals surface area contributed by atoms with Crippen molar-refractivity contribution >= 4 is 12.2 Å². The number of hydrogen-bond donors (Lipinski definition) is 2. The first-order chi connectivity index (χ1) is 7.96. The smallest absolute Gasteiger partial charge is 0.332 e. The molecular formula is C12H15N3O2. The van der Waals surface area contributed by atoms with E-state index in [1.54, 1.807) is 6.21 Å². The van der Waals surface area contributed by atoms with Crippen LogP contribution in [0.3, 0.4) is 0 Å². The Morgan fingerprint density at radius 1 is 1.59 bits per heavy atom. The van der Waals surface area contributed by atoms with E-state index < -0.39 is 6.03 Å². The zero-order chi connectivity index (χ0) is 12.5. The topological polar surface area (TPSA) is 76.7 Å². The van der Waals surface area contributed by atoms with Gasteiger partial charge < -0.3 is 10.5 Å². The molecule has 0 bridgehead atoms. The fourth-order valence-electron chi connectivity index (χ4n) is 1.88. The Labute approximate surface area is 99.6 Å². The summed E-state index contributed by atoms with van der Waals surface area (Å²) in [5.74, 6) is 0.912. The second kappa shape index (κ2) is 4.08. The van der Waals surface area contributed by atoms with Gasteiger partial charge in [-0.1, -0.05) is 0 Å². The largest absolute Gasteiger partial charge is 0.487 e. The average Bonchev–Trinajstić information content (AvgIpc) is 2.50. The SMILES string of the molecule is CC1(C)Cc2cc(C=NNC(N)=O)ccc2O1. The molecule has 0 fully saturated rings. The molecule has 5 nitrogen and oxygen atoms in total. The Balaban J connectivity index is 2.14. The minimum absolute atomic E-state index is 0.149. The molecule has 1 aromatic carbocycles. The van der Waals surface area contributed by atoms with Gasteiger partial charge >= 0.3 is 6.03 Å². The van der Waals surface area contributed by atoms with E-state index in [0.717, 1.165) is 23.3 Å². The third-order valence-electron chi connectivity index (χ3n) is 2.48. The average molecular weight is 233 g/mol. The lowest BCUT2D eigenvalue weighted by Crippen LogP contribution is -2.24. The summed E-state index contributed by atoms with van der Waals surface area (Å²) in [5.41, 5.74) is 8.96. The summed E-state index contributed by atoms with van der Waals surface area (Å²) in [7, 11) is 0. The van der Waals surface area contributed by atoms with Crippen LogP contribution in [0, 0.1) is 0 Å². The number of carbonyl (C=O) groups excluding carboxylic acids is 1. The molecular weight excluding hydrogens is 218 g/mol. The lowest BCUT2D eigenvalue weighted by Gasteiger charge is -2.16. The van der Waals surface area contributed by atoms with Crippen molar-refractivity contribution in [3.63, 3.8) is 0 Å². The maximum Gasteiger partial charge on any atom is 0.332 e. The Bertz CT molecular complexity index is 481. The Morgan fingerprint density at radius 3 is 3.06 bits per heavy atom. The summed E-state index contributed by atoms with van der Waals surface area (Å²) >= 11 is 0. The van der Waals surface area contributed by atoms with E-state index in [1.807, 2.05) is 18.2 Å². The number of primary amides is 1. The Hall–Kier alpha value is -2.04. The molecule has 0 aromatic heterocycles. The van der Waals surface area contributed by atoms with Crippen molar-refractivity contribution in [2.45, 2.75) is 25.9 Å². The summed E-state index contributed by atoms with van der Waals surface area (Å²) in [4.78, 5) is 10.4. The highest BCUT2D eigenvalue weighted by Crippen LogP contribution is 2.34. The molecule has 17 heavy (non-hydrogen) atoms. The second-order valence-corrected chi connectivity index (χ2v) is 4.64. The molecule has 1 aliphatic heterocycles. The number of rotatable bonds is 2. The van der Waals surface area contributed by atoms with Gasteiger partial charge in [0.1, 0.15) is 11.4 Å². The fourth-order valence-corrected chi connectivity index (χ4v) is 1.88. The number of ether oxygens (including phenoxy) is 1. The van der Waals surface area contributed by atoms with Gasteiger partial charge in [-0.25, -0.2) is 10.2 Å². The number of nitrogens with one attached hydrogen (secondary N) is 1. The first-order valence-electron chi connectivity index (χ1n) is 5.37. The quantitative estimate of drug-likeness (QED) is 0.598. The first-order valence-corrected chi connectivity index (χ1v) is 5.37. The van der Waals surface area contributed by atoms with E-state index in [1.165, 1.54) is 0 Å². The number of nitrogens with zero attached hydrogens (tertiary/aromatic N) is 1. The zero-order valence-electron chi connectivity index (χ0n) is 9.86. The van der Waals surface area contributed by atoms with Crippen molar-refractivity contribution in [3.8, 4) is 5.75 Å². The van der Waals surface area contributed by atoms with Crippen LogP contribution in [-0.4, -0.2) is 17.8 Å². The molecule has 0 spiro atoms. The number of hydrogen-bond acceptors (Lipinski definition) is 3. The summed E-state index contributed by atoms with van der Waals surface area (Å²) in [6.07, 6.45) is 2.42. The van der Waals surface area contributed by atoms with E-state index >= 15 is 0 Å². The van der Waals surface area contributed by atoms with E-state index in [-0.39, 0.29) is 5.60 Å². The normalized spacial score (nSPS) is 16.6. The van der Waals surface area contributed by atoms with Crippen molar-refractivity contribution in [2.75, 3.05) is 0 Å². The van der Waals surface area contributed by atoms with Crippen molar-refractivity contribution in [1.82, 2.24) is 5.43 Å². The Kier molecular flexibility index (Phi) is 2.75. The van der Waals surface area contributed by atoms with Crippen LogP contribution in [0.5, 0.6) is 5.75 Å². The van der Waals surface area contributed by atoms with Crippen molar-refractivity contribution in [3.05, 3.63) is 29.3 Å². The fraction of sp³-hybridized carbons (Fsp3) is 0.333. The molecule has 0 aliphatic carbocycles. The molecule has 0 unspecified atom stereocenters. The summed E-state index contributed by atoms with van der Waals surface area (Å²) in [6.45, 7) is 4.10. The lowest BCUT2D eigenvalue weighted by atomic mass is 10.0. The van der Waals surface area contributed by atoms with Gasteiger partial charge in [0.15, 0.2) is 0 Å². The minimum atomic E-state index is -0.674. The van der Waals surface area contributed by atoms with Crippen LogP contribution >= 0.6 is 0 Å². The van der Waals surface area contributed by atoms with Crippen LogP contribution in [0.1, 0.15) is 25.0 Å². The van der Waals surface area contributed by atoms with Crippen LogP contribution in [0.2, 0.25) is 0 Å². The van der Waals surface area contributed by atoms with Crippen LogP contribution in [0.25, 0.3) is 0 Å². The monoisotopic (exact) mass is 233 g/mol. The van der Waals surface area contributed by atoms with Crippen molar-refractivity contribution < 1.29 is 9.53 Å². The summed E-state index contributed by atoms with van der Waals surface area (Å²) < 4.78 is 5.76. The van der Waals surface area contributed by atoms with Gasteiger partial charge in [0.25, 0.3) is 0 Å². The highest BCUT2D eigenvalue weighted by atomic mass is 16.5. The number of amides is 2. The molecule has 0 saturated heterocycles. The van der Waals surface area contributed by atoms with Gasteiger partial charge in [-0.2, -0.15) is 5.10 Å². The number of fused-ring (bicyclic) bond motifs is 1. The molecule has 0 radical (unpaired) electrons. The molecule has 2 rings (SSSR count). The van der Waals surface area contributed by atoms with Gasteiger partial charge in [-0.15, -0.1) is 0 Å². The van der Waals surface area contributed by atoms with Crippen LogP contribution < -0.4 is 15.9 Å². The molecule has 90 valence electrons. The third kappa shape index (κ3) is 2.75. The number of carbonyl (C=O) groups is 1. The molecule has 3 N–H and O–H groups in total. The second-order valence-electron chi connectivity index (χ2n) is 4.64. The van der Waals surface area contributed by atoms with Gasteiger partial charge in [0, 0.05) is 6.42 Å².